The van der Waals surface area contributed by atoms with Gasteiger partial charge >= 0.3 is 0 Å². The van der Waals surface area contributed by atoms with Gasteiger partial charge in [0.05, 0.1) is 11.1 Å². The first kappa shape index (κ1) is 18.3. The average Bonchev–Trinajstić information content (AvgIpc) is 2.68. The molecule has 0 radical (unpaired) electrons. The number of aliphatic hydroxyl groups is 2. The molecule has 0 aliphatic heterocycles. The van der Waals surface area contributed by atoms with Crippen LogP contribution in [0.25, 0.3) is 11.6 Å². The lowest BCUT2D eigenvalue weighted by atomic mass is 9.88. The Hall–Kier alpha value is -3.47. The summed E-state index contributed by atoms with van der Waals surface area (Å²) in [6.07, 6.45) is 3.49. The number of allylic oxidation sites excluding steroid dienone is 3. The van der Waals surface area contributed by atoms with E-state index in [-0.39, 0.29) is 11.1 Å². The van der Waals surface area contributed by atoms with Crippen molar-refractivity contribution >= 4 is 23.2 Å². The largest absolute Gasteiger partial charge is 0.504 e. The fourth-order valence-corrected chi connectivity index (χ4v) is 2.78. The lowest BCUT2D eigenvalue weighted by Crippen LogP contribution is -2.22. The van der Waals surface area contributed by atoms with Crippen molar-refractivity contribution in [2.24, 2.45) is 0 Å². The molecule has 0 spiro atoms. The Morgan fingerprint density at radius 3 is 2.07 bits per heavy atom. The van der Waals surface area contributed by atoms with Gasteiger partial charge in [-0.1, -0.05) is 49.4 Å². The van der Waals surface area contributed by atoms with E-state index in [0.717, 1.165) is 12.0 Å². The molecule has 1 aliphatic carbocycles. The molecule has 0 unspecified atom stereocenters. The third-order valence-electron chi connectivity index (χ3n) is 4.36. The molecule has 0 saturated carbocycles. The van der Waals surface area contributed by atoms with E-state index in [1.165, 1.54) is 36.4 Å². The summed E-state index contributed by atoms with van der Waals surface area (Å²) in [5.74, 6) is -3.51. The second-order valence-electron chi connectivity index (χ2n) is 6.08. The summed E-state index contributed by atoms with van der Waals surface area (Å²) in [7, 11) is 0. The molecular weight excluding hydrogens is 347 g/mol. The number of aryl methyl sites for hydroxylation is 1. The van der Waals surface area contributed by atoms with E-state index in [1.807, 2.05) is 6.92 Å². The summed E-state index contributed by atoms with van der Waals surface area (Å²) < 4.78 is 12.9. The van der Waals surface area contributed by atoms with E-state index in [1.54, 1.807) is 24.3 Å². The van der Waals surface area contributed by atoms with Gasteiger partial charge in [-0.3, -0.25) is 9.59 Å². The molecule has 4 nitrogen and oxygen atoms in total. The SMILES string of the molecule is CCc1ccc(C2=C(O)C(=O)C(C=Cc3ccc(F)cc3)=C(O)C2=O)cc1. The number of ketones is 2. The Morgan fingerprint density at radius 1 is 0.852 bits per heavy atom. The van der Waals surface area contributed by atoms with Crippen LogP contribution in [0.3, 0.4) is 0 Å². The maximum Gasteiger partial charge on any atom is 0.232 e. The average molecular weight is 364 g/mol. The molecule has 3 rings (SSSR count). The first-order valence-corrected chi connectivity index (χ1v) is 8.41. The number of rotatable bonds is 4. The van der Waals surface area contributed by atoms with Crippen LogP contribution in [0.2, 0.25) is 0 Å². The summed E-state index contributed by atoms with van der Waals surface area (Å²) in [6, 6.07) is 12.3. The Bertz CT molecular complexity index is 994. The molecule has 0 atom stereocenters. The first-order valence-electron chi connectivity index (χ1n) is 8.41. The van der Waals surface area contributed by atoms with Crippen molar-refractivity contribution in [3.05, 3.63) is 94.2 Å². The number of Topliss-reactive ketones (excluding diaryl/α,β-unsaturated/α-hetero) is 2. The van der Waals surface area contributed by atoms with Crippen LogP contribution in [-0.2, 0) is 16.0 Å². The van der Waals surface area contributed by atoms with Gasteiger partial charge in [0.2, 0.25) is 11.6 Å². The van der Waals surface area contributed by atoms with Crippen LogP contribution in [0.15, 0.2) is 71.7 Å². The van der Waals surface area contributed by atoms with Crippen molar-refractivity contribution in [2.75, 3.05) is 0 Å². The quantitative estimate of drug-likeness (QED) is 0.792. The van der Waals surface area contributed by atoms with Crippen molar-refractivity contribution in [2.45, 2.75) is 13.3 Å². The minimum atomic E-state index is -0.847. The maximum absolute atomic E-state index is 12.9. The number of aliphatic hydroxyl groups excluding tert-OH is 2. The summed E-state index contributed by atoms with van der Waals surface area (Å²) in [5, 5.41) is 20.5. The molecule has 136 valence electrons. The zero-order valence-corrected chi connectivity index (χ0v) is 14.6. The monoisotopic (exact) mass is 364 g/mol. The lowest BCUT2D eigenvalue weighted by Gasteiger charge is -2.16. The number of benzene rings is 2. The van der Waals surface area contributed by atoms with Gasteiger partial charge in [0, 0.05) is 0 Å². The highest BCUT2D eigenvalue weighted by atomic mass is 19.1. The fraction of sp³-hybridized carbons (Fsp3) is 0.0909. The minimum Gasteiger partial charge on any atom is -0.504 e. The molecule has 0 fully saturated rings. The fourth-order valence-electron chi connectivity index (χ4n) is 2.78. The lowest BCUT2D eigenvalue weighted by molar-refractivity contribution is -0.118. The molecule has 1 aliphatic rings. The van der Waals surface area contributed by atoms with Gasteiger partial charge in [0.1, 0.15) is 5.82 Å². The summed E-state index contributed by atoms with van der Waals surface area (Å²) in [4.78, 5) is 25.0. The summed E-state index contributed by atoms with van der Waals surface area (Å²) >= 11 is 0. The zero-order valence-electron chi connectivity index (χ0n) is 14.6. The van der Waals surface area contributed by atoms with Gasteiger partial charge in [-0.25, -0.2) is 4.39 Å². The van der Waals surface area contributed by atoms with Crippen LogP contribution in [-0.4, -0.2) is 21.8 Å². The van der Waals surface area contributed by atoms with Gasteiger partial charge < -0.3 is 10.2 Å². The third-order valence-corrected chi connectivity index (χ3v) is 4.36. The molecule has 0 heterocycles. The summed E-state index contributed by atoms with van der Waals surface area (Å²) in [5.41, 5.74) is 1.43. The molecule has 2 aromatic carbocycles. The van der Waals surface area contributed by atoms with Gasteiger partial charge in [0.25, 0.3) is 0 Å². The van der Waals surface area contributed by atoms with Crippen LogP contribution in [0, 0.1) is 5.82 Å². The molecule has 0 bridgehead atoms. The van der Waals surface area contributed by atoms with Crippen molar-refractivity contribution < 1.29 is 24.2 Å². The van der Waals surface area contributed by atoms with E-state index in [0.29, 0.717) is 11.1 Å². The standard InChI is InChI=1S/C22H17FO4/c1-2-13-3-8-15(9-4-13)18-21(26)19(24)17(20(25)22(18)27)12-7-14-5-10-16(23)11-6-14/h3-12,24,27H,2H2,1H3. The van der Waals surface area contributed by atoms with Crippen LogP contribution in [0.5, 0.6) is 0 Å². The van der Waals surface area contributed by atoms with Crippen LogP contribution in [0.4, 0.5) is 4.39 Å². The summed E-state index contributed by atoms with van der Waals surface area (Å²) in [6.45, 7) is 1.98. The number of carbonyl (C=O) groups is 2. The number of carbonyl (C=O) groups excluding carboxylic acids is 2. The third kappa shape index (κ3) is 3.58. The molecule has 27 heavy (non-hydrogen) atoms. The highest BCUT2D eigenvalue weighted by Crippen LogP contribution is 2.30. The highest BCUT2D eigenvalue weighted by Gasteiger charge is 2.34. The second-order valence-corrected chi connectivity index (χ2v) is 6.08. The maximum atomic E-state index is 12.9. The molecule has 0 saturated heterocycles. The van der Waals surface area contributed by atoms with Crippen molar-refractivity contribution in [3.63, 3.8) is 0 Å². The van der Waals surface area contributed by atoms with Gasteiger partial charge in [0.15, 0.2) is 11.5 Å². The van der Waals surface area contributed by atoms with Gasteiger partial charge in [-0.2, -0.15) is 0 Å². The number of halogens is 1. The van der Waals surface area contributed by atoms with Crippen molar-refractivity contribution in [1.82, 2.24) is 0 Å². The number of hydrogen-bond acceptors (Lipinski definition) is 4. The van der Waals surface area contributed by atoms with E-state index in [9.17, 15) is 24.2 Å². The topological polar surface area (TPSA) is 74.6 Å². The molecule has 2 aromatic rings. The second kappa shape index (κ2) is 7.41. The first-order chi connectivity index (χ1) is 12.9. The Morgan fingerprint density at radius 2 is 1.48 bits per heavy atom. The normalized spacial score (nSPS) is 15.2. The van der Waals surface area contributed by atoms with E-state index < -0.39 is 28.9 Å². The van der Waals surface area contributed by atoms with E-state index in [2.05, 4.69) is 0 Å². The predicted molar refractivity (Wildman–Crippen MR) is 100 cm³/mol. The predicted octanol–water partition coefficient (Wildman–Crippen LogP) is 4.33. The van der Waals surface area contributed by atoms with Crippen LogP contribution >= 0.6 is 0 Å². The molecule has 5 heteroatoms. The zero-order chi connectivity index (χ0) is 19.6. The van der Waals surface area contributed by atoms with Crippen molar-refractivity contribution in [3.8, 4) is 0 Å². The minimum absolute atomic E-state index is 0.223. The molecular formula is C22H17FO4. The van der Waals surface area contributed by atoms with Gasteiger partial charge in [-0.15, -0.1) is 0 Å². The van der Waals surface area contributed by atoms with E-state index in [4.69, 9.17) is 0 Å². The number of hydrogen-bond donors (Lipinski definition) is 2. The highest BCUT2D eigenvalue weighted by molar-refractivity contribution is 6.38. The van der Waals surface area contributed by atoms with Crippen molar-refractivity contribution in [1.29, 1.82) is 0 Å². The van der Waals surface area contributed by atoms with E-state index >= 15 is 0 Å². The van der Waals surface area contributed by atoms with Crippen LogP contribution < -0.4 is 0 Å². The Balaban J connectivity index is 1.95. The Kier molecular flexibility index (Phi) is 5.03. The van der Waals surface area contributed by atoms with Crippen LogP contribution in [0.1, 0.15) is 23.6 Å². The smallest absolute Gasteiger partial charge is 0.232 e. The molecule has 2 N–H and O–H groups in total. The molecule has 0 amide bonds. The molecule has 0 aromatic heterocycles. The van der Waals surface area contributed by atoms with Gasteiger partial charge in [-0.05, 0) is 41.3 Å². The Labute approximate surface area is 155 Å².